The van der Waals surface area contributed by atoms with Crippen LogP contribution in [0.1, 0.15) is 11.1 Å². The van der Waals surface area contributed by atoms with E-state index in [0.717, 1.165) is 16.1 Å². The predicted molar refractivity (Wildman–Crippen MR) is 103 cm³/mol. The van der Waals surface area contributed by atoms with Gasteiger partial charge in [-0.15, -0.1) is 0 Å². The summed E-state index contributed by atoms with van der Waals surface area (Å²) in [4.78, 5) is 11.8. The zero-order valence-electron chi connectivity index (χ0n) is 13.5. The summed E-state index contributed by atoms with van der Waals surface area (Å²) >= 11 is 3.34. The average Bonchev–Trinajstić information content (AvgIpc) is 2.60. The minimum atomic E-state index is -0.326. The highest BCUT2D eigenvalue weighted by Gasteiger charge is 2.01. The molecule has 0 aliphatic rings. The first-order valence-electron chi connectivity index (χ1n) is 7.41. The molecule has 0 spiro atoms. The van der Waals surface area contributed by atoms with Crippen molar-refractivity contribution >= 4 is 33.9 Å². The van der Waals surface area contributed by atoms with Gasteiger partial charge >= 0.3 is 0 Å². The van der Waals surface area contributed by atoms with Gasteiger partial charge in [-0.3, -0.25) is 4.79 Å². The van der Waals surface area contributed by atoms with E-state index in [-0.39, 0.29) is 17.3 Å². The predicted octanol–water partition coefficient (Wildman–Crippen LogP) is 4.90. The number of hydrogen-bond donors (Lipinski definition) is 2. The Morgan fingerprint density at radius 3 is 2.36 bits per heavy atom. The molecule has 2 rings (SSSR count). The van der Waals surface area contributed by atoms with E-state index in [2.05, 4.69) is 15.9 Å². The van der Waals surface area contributed by atoms with Gasteiger partial charge in [-0.05, 0) is 47.5 Å². The third-order valence-corrected chi connectivity index (χ3v) is 3.78. The first kappa shape index (κ1) is 18.5. The van der Waals surface area contributed by atoms with Crippen molar-refractivity contribution in [3.8, 4) is 11.5 Å². The lowest BCUT2D eigenvalue weighted by molar-refractivity contribution is -0.110. The van der Waals surface area contributed by atoms with Gasteiger partial charge in [0.25, 0.3) is 0 Å². The zero-order valence-corrected chi connectivity index (χ0v) is 15.1. The summed E-state index contributed by atoms with van der Waals surface area (Å²) in [5, 5.41) is 19.4. The maximum atomic E-state index is 11.8. The number of rotatable bonds is 6. The molecule has 0 radical (unpaired) electrons. The van der Waals surface area contributed by atoms with Crippen molar-refractivity contribution in [3.63, 3.8) is 0 Å². The Bertz CT molecular complexity index is 833. The Kier molecular flexibility index (Phi) is 6.60. The molecule has 0 aliphatic heterocycles. The van der Waals surface area contributed by atoms with Gasteiger partial charge < -0.3 is 14.9 Å². The molecule has 0 aromatic heterocycles. The molecule has 2 N–H and O–H groups in total. The summed E-state index contributed by atoms with van der Waals surface area (Å²) in [6.45, 7) is 0. The lowest BCUT2D eigenvalue weighted by Gasteiger charge is -2.03. The van der Waals surface area contributed by atoms with Crippen LogP contribution in [0.2, 0.25) is 0 Å². The van der Waals surface area contributed by atoms with Crippen LogP contribution in [0.3, 0.4) is 0 Å². The zero-order chi connectivity index (χ0) is 18.2. The second kappa shape index (κ2) is 8.89. The second-order valence-electron chi connectivity index (χ2n) is 5.12. The van der Waals surface area contributed by atoms with E-state index in [1.165, 1.54) is 25.3 Å². The second-order valence-corrected chi connectivity index (χ2v) is 6.04. The lowest BCUT2D eigenvalue weighted by Crippen LogP contribution is -1.89. The molecule has 2 aromatic rings. The van der Waals surface area contributed by atoms with E-state index in [9.17, 15) is 15.0 Å². The van der Waals surface area contributed by atoms with Gasteiger partial charge in [0.1, 0.15) is 5.76 Å². The van der Waals surface area contributed by atoms with Crippen LogP contribution in [0.25, 0.3) is 12.2 Å². The van der Waals surface area contributed by atoms with Crippen LogP contribution in [0.4, 0.5) is 0 Å². The van der Waals surface area contributed by atoms with Crippen LogP contribution >= 0.6 is 15.9 Å². The van der Waals surface area contributed by atoms with Gasteiger partial charge in [-0.2, -0.15) is 0 Å². The lowest BCUT2D eigenvalue weighted by atomic mass is 10.1. The van der Waals surface area contributed by atoms with Crippen molar-refractivity contribution in [1.82, 2.24) is 0 Å². The van der Waals surface area contributed by atoms with Gasteiger partial charge in [0.15, 0.2) is 17.3 Å². The Morgan fingerprint density at radius 1 is 1.04 bits per heavy atom. The van der Waals surface area contributed by atoms with Crippen molar-refractivity contribution in [2.75, 3.05) is 7.11 Å². The molecule has 5 heteroatoms. The molecular formula is C20H17BrO4. The molecule has 0 bridgehead atoms. The number of phenols is 1. The quantitative estimate of drug-likeness (QED) is 0.411. The summed E-state index contributed by atoms with van der Waals surface area (Å²) in [5.74, 6) is -0.127. The van der Waals surface area contributed by atoms with Crippen molar-refractivity contribution in [2.24, 2.45) is 0 Å². The number of methoxy groups -OCH3 is 1. The van der Waals surface area contributed by atoms with Crippen LogP contribution in [-0.4, -0.2) is 23.1 Å². The van der Waals surface area contributed by atoms with Gasteiger partial charge in [0.05, 0.1) is 7.11 Å². The molecule has 0 unspecified atom stereocenters. The number of ketones is 1. The van der Waals surface area contributed by atoms with Crippen LogP contribution in [0.15, 0.2) is 70.9 Å². The Morgan fingerprint density at radius 2 is 1.68 bits per heavy atom. The fourth-order valence-corrected chi connectivity index (χ4v) is 2.24. The minimum Gasteiger partial charge on any atom is -0.508 e. The summed E-state index contributed by atoms with van der Waals surface area (Å²) in [5.41, 5.74) is 1.60. The maximum Gasteiger partial charge on any atom is 0.182 e. The number of allylic oxidation sites excluding steroid dienone is 3. The van der Waals surface area contributed by atoms with Crippen molar-refractivity contribution in [1.29, 1.82) is 0 Å². The molecule has 0 fully saturated rings. The summed E-state index contributed by atoms with van der Waals surface area (Å²) in [6.07, 6.45) is 7.20. The molecule has 25 heavy (non-hydrogen) atoms. The molecule has 128 valence electrons. The largest absolute Gasteiger partial charge is 0.508 e. The maximum absolute atomic E-state index is 11.8. The van der Waals surface area contributed by atoms with Crippen molar-refractivity contribution in [2.45, 2.75) is 0 Å². The summed E-state index contributed by atoms with van der Waals surface area (Å²) < 4.78 is 5.97. The Balaban J connectivity index is 2.02. The Hall–Kier alpha value is -2.79. The number of hydrogen-bond acceptors (Lipinski definition) is 4. The third-order valence-electron chi connectivity index (χ3n) is 3.25. The number of carbonyl (C=O) groups excluding carboxylic acids is 1. The topological polar surface area (TPSA) is 66.8 Å². The average molecular weight is 401 g/mol. The standard InChI is InChI=1S/C20H17BrO4/c1-25-20-12-15(6-11-19(20)24)5-10-18(23)13-17(22)9-4-14-2-7-16(21)8-3-14/h2-13,23-24H,1H3/b9-4+,10-5+,18-13-. The summed E-state index contributed by atoms with van der Waals surface area (Å²) in [7, 11) is 1.45. The number of phenolic OH excluding ortho intramolecular Hbond substituents is 1. The van der Waals surface area contributed by atoms with E-state index in [1.54, 1.807) is 24.3 Å². The highest BCUT2D eigenvalue weighted by molar-refractivity contribution is 9.10. The van der Waals surface area contributed by atoms with Crippen LogP contribution in [0.5, 0.6) is 11.5 Å². The van der Waals surface area contributed by atoms with Crippen LogP contribution in [-0.2, 0) is 4.79 Å². The fourth-order valence-electron chi connectivity index (χ4n) is 1.97. The van der Waals surface area contributed by atoms with Crippen LogP contribution < -0.4 is 4.74 Å². The molecule has 0 saturated heterocycles. The van der Waals surface area contributed by atoms with Crippen molar-refractivity contribution in [3.05, 3.63) is 82.1 Å². The van der Waals surface area contributed by atoms with Gasteiger partial charge in [0.2, 0.25) is 0 Å². The van der Waals surface area contributed by atoms with E-state index >= 15 is 0 Å². The molecule has 0 saturated carbocycles. The van der Waals surface area contributed by atoms with E-state index in [1.807, 2.05) is 24.3 Å². The molecule has 0 heterocycles. The van der Waals surface area contributed by atoms with Crippen molar-refractivity contribution < 1.29 is 19.7 Å². The molecule has 4 nitrogen and oxygen atoms in total. The monoisotopic (exact) mass is 400 g/mol. The van der Waals surface area contributed by atoms with E-state index < -0.39 is 0 Å². The molecule has 0 atom stereocenters. The minimum absolute atomic E-state index is 0.0349. The molecular weight excluding hydrogens is 384 g/mol. The Labute approximate surface area is 154 Å². The van der Waals surface area contributed by atoms with Gasteiger partial charge in [-0.1, -0.05) is 46.3 Å². The number of aliphatic hydroxyl groups is 1. The number of benzene rings is 2. The molecule has 2 aromatic carbocycles. The number of carbonyl (C=O) groups is 1. The van der Waals surface area contributed by atoms with Gasteiger partial charge in [0, 0.05) is 10.5 Å². The SMILES string of the molecule is COc1cc(/C=C/C(O)=C/C(=O)/C=C/c2ccc(Br)cc2)ccc1O. The first-order valence-corrected chi connectivity index (χ1v) is 8.20. The fraction of sp³-hybridized carbons (Fsp3) is 0.0500. The van der Waals surface area contributed by atoms with E-state index in [0.29, 0.717) is 11.3 Å². The number of aromatic hydroxyl groups is 1. The van der Waals surface area contributed by atoms with Crippen LogP contribution in [0, 0.1) is 0 Å². The summed E-state index contributed by atoms with van der Waals surface area (Å²) in [6, 6.07) is 12.3. The number of halogens is 1. The smallest absolute Gasteiger partial charge is 0.182 e. The highest BCUT2D eigenvalue weighted by Crippen LogP contribution is 2.26. The first-order chi connectivity index (χ1) is 12.0. The molecule has 0 aliphatic carbocycles. The normalized spacial score (nSPS) is 12.0. The highest BCUT2D eigenvalue weighted by atomic mass is 79.9. The third kappa shape index (κ3) is 5.97. The van der Waals surface area contributed by atoms with E-state index in [4.69, 9.17) is 4.74 Å². The number of ether oxygens (including phenoxy) is 1. The number of aliphatic hydroxyl groups excluding tert-OH is 1. The van der Waals surface area contributed by atoms with Gasteiger partial charge in [-0.25, -0.2) is 0 Å². The molecule has 0 amide bonds.